The van der Waals surface area contributed by atoms with Gasteiger partial charge >= 0.3 is 0 Å². The smallest absolute Gasteiger partial charge is 0.226 e. The van der Waals surface area contributed by atoms with E-state index in [1.54, 1.807) is 7.11 Å². The van der Waals surface area contributed by atoms with Gasteiger partial charge in [0.2, 0.25) is 5.95 Å². The second kappa shape index (κ2) is 8.29. The number of methoxy groups -OCH3 is 1. The lowest BCUT2D eigenvalue weighted by atomic mass is 10.0. The minimum absolute atomic E-state index is 0.263. The van der Waals surface area contributed by atoms with Crippen LogP contribution in [0, 0.1) is 0 Å². The topological polar surface area (TPSA) is 90.1 Å². The summed E-state index contributed by atoms with van der Waals surface area (Å²) in [6.45, 7) is 2.54. The first kappa shape index (κ1) is 19.9. The Morgan fingerprint density at radius 2 is 2.06 bits per heavy atom. The normalized spacial score (nSPS) is 16.5. The van der Waals surface area contributed by atoms with Crippen molar-refractivity contribution >= 4 is 28.5 Å². The number of fused-ring (bicyclic) bond motifs is 1. The summed E-state index contributed by atoms with van der Waals surface area (Å²) in [6.07, 6.45) is 3.96. The van der Waals surface area contributed by atoms with Crippen LogP contribution in [0.15, 0.2) is 54.7 Å². The molecule has 4 aromatic rings. The quantitative estimate of drug-likeness (QED) is 0.345. The first-order valence-corrected chi connectivity index (χ1v) is 11.4. The highest BCUT2D eigenvalue weighted by Crippen LogP contribution is 2.41. The number of benzene rings is 2. The fourth-order valence-corrected chi connectivity index (χ4v) is 4.79. The molecule has 4 heterocycles. The van der Waals surface area contributed by atoms with Gasteiger partial charge in [-0.25, -0.2) is 5.43 Å². The van der Waals surface area contributed by atoms with Crippen LogP contribution in [0.4, 0.5) is 17.6 Å². The predicted molar refractivity (Wildman–Crippen MR) is 131 cm³/mol. The summed E-state index contributed by atoms with van der Waals surface area (Å²) < 4.78 is 5.32. The van der Waals surface area contributed by atoms with Crippen molar-refractivity contribution in [1.29, 1.82) is 0 Å². The Hall–Kier alpha value is -3.78. The summed E-state index contributed by atoms with van der Waals surface area (Å²) in [5.41, 5.74) is 11.4. The molecule has 8 heteroatoms. The molecular weight excluding hydrogens is 414 g/mol. The Labute approximate surface area is 192 Å². The Bertz CT molecular complexity index is 1290. The van der Waals surface area contributed by atoms with E-state index in [1.165, 1.54) is 22.1 Å². The third kappa shape index (κ3) is 3.72. The zero-order chi connectivity index (χ0) is 22.2. The molecule has 33 heavy (non-hydrogen) atoms. The zero-order valence-electron chi connectivity index (χ0n) is 18.6. The molecular formula is C25H27N7O. The van der Waals surface area contributed by atoms with E-state index in [4.69, 9.17) is 14.7 Å². The van der Waals surface area contributed by atoms with Gasteiger partial charge in [0.15, 0.2) is 5.82 Å². The van der Waals surface area contributed by atoms with Crippen molar-refractivity contribution in [2.24, 2.45) is 0 Å². The fraction of sp³-hybridized carbons (Fsp3) is 0.280. The molecule has 8 nitrogen and oxygen atoms in total. The van der Waals surface area contributed by atoms with Crippen molar-refractivity contribution in [3.63, 3.8) is 0 Å². The highest BCUT2D eigenvalue weighted by molar-refractivity contribution is 5.84. The summed E-state index contributed by atoms with van der Waals surface area (Å²) in [5, 5.41) is 4.66. The molecule has 4 N–H and O–H groups in total. The van der Waals surface area contributed by atoms with Crippen LogP contribution in [0.25, 0.3) is 10.9 Å². The summed E-state index contributed by atoms with van der Waals surface area (Å²) in [6, 6.07) is 17.0. The monoisotopic (exact) mass is 441 g/mol. The highest BCUT2D eigenvalue weighted by atomic mass is 16.5. The number of aromatic amines is 1. The number of aromatic nitrogens is 3. The summed E-state index contributed by atoms with van der Waals surface area (Å²) in [7, 11) is 1.69. The molecule has 2 aliphatic rings. The molecule has 0 radical (unpaired) electrons. The number of H-pyrrole nitrogens is 1. The Morgan fingerprint density at radius 1 is 1.15 bits per heavy atom. The van der Waals surface area contributed by atoms with Crippen LogP contribution < -0.4 is 25.8 Å². The molecule has 168 valence electrons. The lowest BCUT2D eigenvalue weighted by molar-refractivity contribution is 0.415. The molecule has 2 aromatic carbocycles. The maximum Gasteiger partial charge on any atom is 0.226 e. The van der Waals surface area contributed by atoms with Crippen molar-refractivity contribution in [3.05, 3.63) is 71.4 Å². The van der Waals surface area contributed by atoms with Crippen molar-refractivity contribution in [2.75, 3.05) is 35.8 Å². The van der Waals surface area contributed by atoms with E-state index in [0.717, 1.165) is 55.4 Å². The molecule has 0 saturated carbocycles. The highest BCUT2D eigenvalue weighted by Gasteiger charge is 2.34. The van der Waals surface area contributed by atoms with E-state index < -0.39 is 0 Å². The Balaban J connectivity index is 1.21. The molecule has 0 amide bonds. The van der Waals surface area contributed by atoms with E-state index in [2.05, 4.69) is 68.6 Å². The number of hydrazine groups is 1. The average molecular weight is 442 g/mol. The molecule has 0 saturated heterocycles. The van der Waals surface area contributed by atoms with Gasteiger partial charge in [-0.15, -0.1) is 0 Å². The fourth-order valence-electron chi connectivity index (χ4n) is 4.79. The Morgan fingerprint density at radius 3 is 2.94 bits per heavy atom. The maximum absolute atomic E-state index is 5.32. The van der Waals surface area contributed by atoms with Crippen LogP contribution >= 0.6 is 0 Å². The minimum atomic E-state index is 0.263. The Kier molecular flexibility index (Phi) is 4.99. The maximum atomic E-state index is 5.32. The molecule has 1 unspecified atom stereocenters. The van der Waals surface area contributed by atoms with Gasteiger partial charge in [-0.2, -0.15) is 9.97 Å². The third-order valence-corrected chi connectivity index (χ3v) is 6.49. The van der Waals surface area contributed by atoms with Gasteiger partial charge in [0.25, 0.3) is 0 Å². The van der Waals surface area contributed by atoms with Gasteiger partial charge in [-0.3, -0.25) is 0 Å². The van der Waals surface area contributed by atoms with Crippen LogP contribution in [0.3, 0.4) is 0 Å². The second-order valence-electron chi connectivity index (χ2n) is 8.55. The van der Waals surface area contributed by atoms with Gasteiger partial charge in [-0.1, -0.05) is 30.3 Å². The first-order chi connectivity index (χ1) is 16.3. The van der Waals surface area contributed by atoms with E-state index in [-0.39, 0.29) is 6.04 Å². The van der Waals surface area contributed by atoms with Crippen molar-refractivity contribution in [1.82, 2.24) is 20.4 Å². The summed E-state index contributed by atoms with van der Waals surface area (Å²) >= 11 is 0. The average Bonchev–Trinajstić information content (AvgIpc) is 3.46. The predicted octanol–water partition coefficient (Wildman–Crippen LogP) is 4.00. The lowest BCUT2D eigenvalue weighted by Crippen LogP contribution is -2.34. The largest absolute Gasteiger partial charge is 0.497 e. The number of hydrogen-bond acceptors (Lipinski definition) is 7. The molecule has 6 rings (SSSR count). The summed E-state index contributed by atoms with van der Waals surface area (Å²) in [5.74, 6) is 3.40. The first-order valence-electron chi connectivity index (χ1n) is 11.4. The van der Waals surface area contributed by atoms with Crippen LogP contribution in [0.2, 0.25) is 0 Å². The number of rotatable bonds is 7. The minimum Gasteiger partial charge on any atom is -0.497 e. The van der Waals surface area contributed by atoms with Crippen molar-refractivity contribution < 1.29 is 4.74 Å². The second-order valence-corrected chi connectivity index (χ2v) is 8.55. The zero-order valence-corrected chi connectivity index (χ0v) is 18.6. The lowest BCUT2D eigenvalue weighted by Gasteiger charge is -2.32. The molecule has 2 aromatic heterocycles. The van der Waals surface area contributed by atoms with Gasteiger partial charge in [0.1, 0.15) is 11.6 Å². The van der Waals surface area contributed by atoms with Gasteiger partial charge in [-0.05, 0) is 36.1 Å². The van der Waals surface area contributed by atoms with E-state index in [0.29, 0.717) is 5.95 Å². The number of anilines is 3. The van der Waals surface area contributed by atoms with E-state index >= 15 is 0 Å². The molecule has 0 bridgehead atoms. The molecule has 1 atom stereocenters. The molecule has 2 aliphatic heterocycles. The third-order valence-electron chi connectivity index (χ3n) is 6.49. The van der Waals surface area contributed by atoms with Crippen LogP contribution in [-0.2, 0) is 13.0 Å². The van der Waals surface area contributed by atoms with Gasteiger partial charge in [0, 0.05) is 42.8 Å². The van der Waals surface area contributed by atoms with E-state index in [9.17, 15) is 0 Å². The number of nitrogens with zero attached hydrogens (tertiary/aromatic N) is 3. The number of ether oxygens (including phenoxy) is 1. The van der Waals surface area contributed by atoms with Crippen molar-refractivity contribution in [3.8, 4) is 5.75 Å². The van der Waals surface area contributed by atoms with Crippen LogP contribution in [0.5, 0.6) is 5.75 Å². The number of nitrogens with one attached hydrogen (secondary N) is 4. The van der Waals surface area contributed by atoms with Gasteiger partial charge in [0.05, 0.1) is 18.7 Å². The molecule has 0 spiro atoms. The van der Waals surface area contributed by atoms with Crippen LogP contribution in [-0.4, -0.2) is 35.2 Å². The molecule has 0 aliphatic carbocycles. The van der Waals surface area contributed by atoms with E-state index in [1.807, 2.05) is 12.1 Å². The number of hydrogen-bond donors (Lipinski definition) is 4. The van der Waals surface area contributed by atoms with Gasteiger partial charge < -0.3 is 25.4 Å². The summed E-state index contributed by atoms with van der Waals surface area (Å²) in [4.78, 5) is 15.4. The molecule has 0 fully saturated rings. The van der Waals surface area contributed by atoms with Crippen LogP contribution in [0.1, 0.15) is 29.2 Å². The van der Waals surface area contributed by atoms with Crippen molar-refractivity contribution in [2.45, 2.75) is 25.4 Å². The standard InChI is InChI=1S/C25H27N7O/c1-33-18-7-8-19-17(14-27-21(19)13-18)9-11-26-25-28-23-22-20(30-31-23)10-12-32(24(22)29-25)15-16-5-3-2-4-6-16/h2-8,13-14,20,27,30H,9-12,15H2,1H3,(H2,26,28,29,31). The SMILES string of the molecule is COc1ccc2c(CCNc3nc4c5c(n3)N(Cc3ccccc3)CCC5NN4)c[nH]c2c1.